The molecule has 0 spiro atoms. The maximum atomic E-state index is 2.52. The predicted molar refractivity (Wildman–Crippen MR) is 136 cm³/mol. The van der Waals surface area contributed by atoms with Gasteiger partial charge in [0.05, 0.1) is 0 Å². The van der Waals surface area contributed by atoms with Gasteiger partial charge in [-0.1, -0.05) is 124 Å². The zero-order valence-electron chi connectivity index (χ0n) is 19.1. The second kappa shape index (κ2) is 7.66. The van der Waals surface area contributed by atoms with E-state index < -0.39 is 8.80 Å². The van der Waals surface area contributed by atoms with Crippen LogP contribution in [0.4, 0.5) is 0 Å². The molecule has 4 aromatic carbocycles. The molecule has 1 aliphatic carbocycles. The molecule has 1 heteroatoms. The summed E-state index contributed by atoms with van der Waals surface area (Å²) in [7, 11) is -1.10. The molecule has 0 heterocycles. The van der Waals surface area contributed by atoms with E-state index >= 15 is 0 Å². The van der Waals surface area contributed by atoms with Crippen molar-refractivity contribution < 1.29 is 0 Å². The van der Waals surface area contributed by atoms with Crippen molar-refractivity contribution in [1.82, 2.24) is 0 Å². The lowest BCUT2D eigenvalue weighted by molar-refractivity contribution is 0.958. The number of hydrogen-bond donors (Lipinski definition) is 0. The highest BCUT2D eigenvalue weighted by molar-refractivity contribution is 6.95. The molecule has 0 amide bonds. The molecule has 0 aliphatic heterocycles. The topological polar surface area (TPSA) is 0 Å². The zero-order valence-corrected chi connectivity index (χ0v) is 20.1. The molecule has 4 aromatic rings. The molecule has 0 saturated carbocycles. The van der Waals surface area contributed by atoms with Gasteiger partial charge in [0.2, 0.25) is 0 Å². The van der Waals surface area contributed by atoms with Gasteiger partial charge < -0.3 is 0 Å². The lowest BCUT2D eigenvalue weighted by Crippen LogP contribution is -2.52. The van der Waals surface area contributed by atoms with Crippen molar-refractivity contribution in [2.24, 2.45) is 0 Å². The number of aryl methyl sites for hydroxylation is 4. The summed E-state index contributed by atoms with van der Waals surface area (Å²) in [6.07, 6.45) is 0. The summed E-state index contributed by atoms with van der Waals surface area (Å²) in [6.45, 7) is 11.2. The van der Waals surface area contributed by atoms with Crippen LogP contribution in [0.5, 0.6) is 0 Å². The number of hydrogen-bond acceptors (Lipinski definition) is 0. The van der Waals surface area contributed by atoms with Crippen LogP contribution in [0.25, 0.3) is 11.1 Å². The summed E-state index contributed by atoms with van der Waals surface area (Å²) in [5, 5.41) is 4.45. The molecule has 0 nitrogen and oxygen atoms in total. The smallest absolute Gasteiger partial charge is 0.0619 e. The molecule has 1 aliphatic rings. The maximum Gasteiger partial charge on any atom is 0.154 e. The Morgan fingerprint density at radius 2 is 1.03 bits per heavy atom. The van der Waals surface area contributed by atoms with E-state index in [4.69, 9.17) is 0 Å². The third kappa shape index (κ3) is 3.57. The predicted octanol–water partition coefficient (Wildman–Crippen LogP) is 5.57. The largest absolute Gasteiger partial charge is 0.154 e. The summed E-state index contributed by atoms with van der Waals surface area (Å²) < 4.78 is 0. The van der Waals surface area contributed by atoms with Gasteiger partial charge in [-0.05, 0) is 49.9 Å². The molecule has 0 N–H and O–H groups in total. The molecular formula is C30H29Si. The standard InChI is InChI=1S/C30H29Si/c1-19-12-20(2)15-25(14-19)31(26-16-21(3)13-22(4)17-26)24-10-11-29-28-9-7-6-8-27(28)23(5)30(29)18-24/h6-18,23H,1-5H3. The van der Waals surface area contributed by atoms with Crippen LogP contribution < -0.4 is 15.6 Å². The van der Waals surface area contributed by atoms with Crippen molar-refractivity contribution in [2.45, 2.75) is 40.5 Å². The Balaban J connectivity index is 1.71. The number of rotatable bonds is 3. The van der Waals surface area contributed by atoms with Gasteiger partial charge >= 0.3 is 0 Å². The first kappa shape index (κ1) is 20.0. The minimum absolute atomic E-state index is 0.452. The Hall–Kier alpha value is -2.90. The third-order valence-electron chi connectivity index (χ3n) is 6.54. The van der Waals surface area contributed by atoms with Gasteiger partial charge in [0.15, 0.2) is 8.80 Å². The first-order valence-electron chi connectivity index (χ1n) is 11.2. The Labute approximate surface area is 188 Å². The van der Waals surface area contributed by atoms with E-state index in [1.165, 1.54) is 60.1 Å². The quantitative estimate of drug-likeness (QED) is 0.302. The van der Waals surface area contributed by atoms with E-state index in [9.17, 15) is 0 Å². The van der Waals surface area contributed by atoms with Crippen LogP contribution in [0.15, 0.2) is 78.9 Å². The molecule has 0 fully saturated rings. The summed E-state index contributed by atoms with van der Waals surface area (Å²) in [5.41, 5.74) is 11.2. The Morgan fingerprint density at radius 1 is 0.516 bits per heavy atom. The van der Waals surface area contributed by atoms with Crippen molar-refractivity contribution in [2.75, 3.05) is 0 Å². The second-order valence-corrected chi connectivity index (χ2v) is 11.7. The molecule has 1 atom stereocenters. The van der Waals surface area contributed by atoms with E-state index in [2.05, 4.69) is 113 Å². The van der Waals surface area contributed by atoms with E-state index in [0.717, 1.165) is 0 Å². The minimum Gasteiger partial charge on any atom is -0.0619 e. The lowest BCUT2D eigenvalue weighted by Gasteiger charge is -2.21. The highest BCUT2D eigenvalue weighted by Crippen LogP contribution is 2.43. The summed E-state index contributed by atoms with van der Waals surface area (Å²) in [4.78, 5) is 0. The average molecular weight is 418 g/mol. The SMILES string of the molecule is Cc1cc(C)cc([Si](c2cc(C)cc(C)c2)c2ccc3c(c2)C(C)c2ccccc2-3)c1. The molecule has 0 saturated heterocycles. The molecular weight excluding hydrogens is 388 g/mol. The first-order chi connectivity index (χ1) is 14.9. The second-order valence-electron chi connectivity index (χ2n) is 9.24. The van der Waals surface area contributed by atoms with Gasteiger partial charge in [0.1, 0.15) is 0 Å². The highest BCUT2D eigenvalue weighted by atomic mass is 28.3. The van der Waals surface area contributed by atoms with Crippen molar-refractivity contribution in [1.29, 1.82) is 0 Å². The van der Waals surface area contributed by atoms with Crippen molar-refractivity contribution in [3.8, 4) is 11.1 Å². The van der Waals surface area contributed by atoms with Crippen LogP contribution in [0.2, 0.25) is 0 Å². The molecule has 1 radical (unpaired) electrons. The average Bonchev–Trinajstić information content (AvgIpc) is 2.99. The Morgan fingerprint density at radius 3 is 1.61 bits per heavy atom. The van der Waals surface area contributed by atoms with Gasteiger partial charge in [0.25, 0.3) is 0 Å². The van der Waals surface area contributed by atoms with Crippen LogP contribution in [-0.4, -0.2) is 8.80 Å². The van der Waals surface area contributed by atoms with Gasteiger partial charge in [-0.2, -0.15) is 0 Å². The van der Waals surface area contributed by atoms with Gasteiger partial charge in [0, 0.05) is 5.92 Å². The van der Waals surface area contributed by atoms with Crippen LogP contribution in [0, 0.1) is 27.7 Å². The fraction of sp³-hybridized carbons (Fsp3) is 0.200. The van der Waals surface area contributed by atoms with E-state index in [1.807, 2.05) is 0 Å². The van der Waals surface area contributed by atoms with Gasteiger partial charge in [-0.25, -0.2) is 0 Å². The monoisotopic (exact) mass is 417 g/mol. The van der Waals surface area contributed by atoms with E-state index in [1.54, 1.807) is 0 Å². The number of benzene rings is 4. The lowest BCUT2D eigenvalue weighted by atomic mass is 10.00. The van der Waals surface area contributed by atoms with Crippen molar-refractivity contribution in [3.63, 3.8) is 0 Å². The van der Waals surface area contributed by atoms with Crippen molar-refractivity contribution in [3.05, 3.63) is 112 Å². The maximum absolute atomic E-state index is 2.52. The molecule has 0 bridgehead atoms. The Kier molecular flexibility index (Phi) is 4.95. The summed E-state index contributed by atoms with van der Waals surface area (Å²) in [5.74, 6) is 0.452. The minimum atomic E-state index is -1.10. The fourth-order valence-electron chi connectivity index (χ4n) is 5.35. The van der Waals surface area contributed by atoms with Crippen molar-refractivity contribution >= 4 is 24.4 Å². The van der Waals surface area contributed by atoms with Gasteiger partial charge in [-0.3, -0.25) is 0 Å². The highest BCUT2D eigenvalue weighted by Gasteiger charge is 2.28. The molecule has 153 valence electrons. The third-order valence-corrected chi connectivity index (χ3v) is 9.17. The first-order valence-corrected chi connectivity index (χ1v) is 12.7. The van der Waals surface area contributed by atoms with Crippen LogP contribution in [0.3, 0.4) is 0 Å². The molecule has 31 heavy (non-hydrogen) atoms. The van der Waals surface area contributed by atoms with E-state index in [-0.39, 0.29) is 0 Å². The van der Waals surface area contributed by atoms with Crippen LogP contribution in [0.1, 0.15) is 46.2 Å². The fourth-order valence-corrected chi connectivity index (χ4v) is 8.39. The van der Waals surface area contributed by atoms with Gasteiger partial charge in [-0.15, -0.1) is 0 Å². The van der Waals surface area contributed by atoms with E-state index in [0.29, 0.717) is 5.92 Å². The Bertz CT molecular complexity index is 1210. The molecule has 1 unspecified atom stereocenters. The van der Waals surface area contributed by atoms with Crippen LogP contribution >= 0.6 is 0 Å². The summed E-state index contributed by atoms with van der Waals surface area (Å²) >= 11 is 0. The number of fused-ring (bicyclic) bond motifs is 3. The van der Waals surface area contributed by atoms with Crippen LogP contribution in [-0.2, 0) is 0 Å². The zero-order chi connectivity index (χ0) is 21.7. The summed E-state index contributed by atoms with van der Waals surface area (Å²) in [6, 6.07) is 30.4. The normalized spacial score (nSPS) is 14.6. The molecule has 0 aromatic heterocycles. The molecule has 5 rings (SSSR count).